The van der Waals surface area contributed by atoms with Crippen molar-refractivity contribution in [2.75, 3.05) is 44.3 Å². The van der Waals surface area contributed by atoms with E-state index in [0.29, 0.717) is 37.3 Å². The Morgan fingerprint density at radius 3 is 2.55 bits per heavy atom. The molecule has 8 nitrogen and oxygen atoms in total. The van der Waals surface area contributed by atoms with Gasteiger partial charge >= 0.3 is 0 Å². The van der Waals surface area contributed by atoms with Crippen LogP contribution in [0.5, 0.6) is 0 Å². The SMILES string of the molecule is Cc1nc(N2CC(O)C2)cc(-n2ncc3cc(C)c([C@H]4CCN(C5COC5)C[C@H]4F)cc32)n1. The molecule has 3 aliphatic rings. The third-order valence-electron chi connectivity index (χ3n) is 7.28. The number of likely N-dealkylation sites (tertiary alicyclic amines) is 1. The van der Waals surface area contributed by atoms with Gasteiger partial charge in [-0.25, -0.2) is 19.0 Å². The molecule has 3 fully saturated rings. The van der Waals surface area contributed by atoms with Gasteiger partial charge in [0.05, 0.1) is 37.1 Å². The summed E-state index contributed by atoms with van der Waals surface area (Å²) in [5.74, 6) is 1.99. The number of hydrogen-bond acceptors (Lipinski definition) is 7. The summed E-state index contributed by atoms with van der Waals surface area (Å²) in [6, 6.07) is 6.48. The van der Waals surface area contributed by atoms with Crippen molar-refractivity contribution in [3.8, 4) is 5.82 Å². The number of nitrogens with zero attached hydrogens (tertiary/aromatic N) is 6. The molecule has 0 unspecified atom stereocenters. The molecule has 0 amide bonds. The van der Waals surface area contributed by atoms with Crippen molar-refractivity contribution >= 4 is 16.7 Å². The highest BCUT2D eigenvalue weighted by atomic mass is 19.1. The highest BCUT2D eigenvalue weighted by Crippen LogP contribution is 2.36. The maximum atomic E-state index is 15.4. The van der Waals surface area contributed by atoms with E-state index in [2.05, 4.69) is 39.0 Å². The molecular weight excluding hydrogens is 423 g/mol. The van der Waals surface area contributed by atoms with E-state index in [0.717, 1.165) is 54.0 Å². The predicted molar refractivity (Wildman–Crippen MR) is 123 cm³/mol. The topological polar surface area (TPSA) is 79.5 Å². The highest BCUT2D eigenvalue weighted by Gasteiger charge is 2.36. The van der Waals surface area contributed by atoms with Crippen LogP contribution in [0.3, 0.4) is 0 Å². The van der Waals surface area contributed by atoms with Gasteiger partial charge in [-0.05, 0) is 50.1 Å². The number of benzene rings is 1. The van der Waals surface area contributed by atoms with Gasteiger partial charge in [-0.1, -0.05) is 0 Å². The minimum atomic E-state index is -0.905. The standard InChI is InChI=1S/C24H29FN6O2/c1-14-5-16-8-26-31(24-7-23(27-15(2)28-24)30-9-18(32)10-30)22(16)6-20(14)19-3-4-29(11-21(19)25)17-12-33-13-17/h5-8,17-19,21,32H,3-4,9-13H2,1-2H3/t19-,21-/m1/s1. The molecule has 0 saturated carbocycles. The second-order valence-electron chi connectivity index (χ2n) is 9.61. The zero-order valence-electron chi connectivity index (χ0n) is 19.0. The van der Waals surface area contributed by atoms with Gasteiger partial charge in [0.25, 0.3) is 0 Å². The third-order valence-corrected chi connectivity index (χ3v) is 7.28. The van der Waals surface area contributed by atoms with Crippen molar-refractivity contribution in [1.82, 2.24) is 24.6 Å². The first-order valence-electron chi connectivity index (χ1n) is 11.7. The molecule has 3 aliphatic heterocycles. The summed E-state index contributed by atoms with van der Waals surface area (Å²) in [4.78, 5) is 13.4. The summed E-state index contributed by atoms with van der Waals surface area (Å²) >= 11 is 0. The molecule has 6 rings (SSSR count). The first-order valence-corrected chi connectivity index (χ1v) is 11.7. The quantitative estimate of drug-likeness (QED) is 0.650. The van der Waals surface area contributed by atoms with Crippen molar-refractivity contribution in [2.45, 2.75) is 44.5 Å². The van der Waals surface area contributed by atoms with Crippen molar-refractivity contribution in [3.05, 3.63) is 41.3 Å². The Hall–Kier alpha value is -2.62. The molecule has 1 aromatic carbocycles. The van der Waals surface area contributed by atoms with Crippen LogP contribution >= 0.6 is 0 Å². The second-order valence-corrected chi connectivity index (χ2v) is 9.61. The molecule has 3 aromatic rings. The van der Waals surface area contributed by atoms with Crippen molar-refractivity contribution in [3.63, 3.8) is 0 Å². The summed E-state index contributed by atoms with van der Waals surface area (Å²) < 4.78 is 22.5. The number of aliphatic hydroxyl groups excluding tert-OH is 1. The molecule has 1 N–H and O–H groups in total. The number of ether oxygens (including phenoxy) is 1. The predicted octanol–water partition coefficient (Wildman–Crippen LogP) is 2.14. The van der Waals surface area contributed by atoms with Crippen LogP contribution in [0, 0.1) is 13.8 Å². The fraction of sp³-hybridized carbons (Fsp3) is 0.542. The van der Waals surface area contributed by atoms with E-state index in [1.54, 1.807) is 0 Å². The summed E-state index contributed by atoms with van der Waals surface area (Å²) in [6.07, 6.45) is 1.42. The maximum absolute atomic E-state index is 15.4. The molecule has 0 radical (unpaired) electrons. The van der Waals surface area contributed by atoms with E-state index in [-0.39, 0.29) is 12.0 Å². The molecule has 33 heavy (non-hydrogen) atoms. The Kier molecular flexibility index (Phi) is 5.08. The summed E-state index contributed by atoms with van der Waals surface area (Å²) in [5, 5.41) is 15.3. The van der Waals surface area contributed by atoms with Crippen LogP contribution in [-0.2, 0) is 4.74 Å². The number of hydrogen-bond donors (Lipinski definition) is 1. The number of anilines is 1. The minimum absolute atomic E-state index is 0.125. The number of piperidine rings is 1. The maximum Gasteiger partial charge on any atom is 0.159 e. The van der Waals surface area contributed by atoms with E-state index in [1.165, 1.54) is 0 Å². The van der Waals surface area contributed by atoms with E-state index in [1.807, 2.05) is 28.8 Å². The van der Waals surface area contributed by atoms with Gasteiger partial charge in [-0.15, -0.1) is 0 Å². The van der Waals surface area contributed by atoms with E-state index >= 15 is 4.39 Å². The smallest absolute Gasteiger partial charge is 0.159 e. The molecule has 2 atom stereocenters. The van der Waals surface area contributed by atoms with Gasteiger partial charge in [-0.2, -0.15) is 5.10 Å². The van der Waals surface area contributed by atoms with Crippen LogP contribution in [0.1, 0.15) is 29.3 Å². The van der Waals surface area contributed by atoms with Crippen molar-refractivity contribution in [1.29, 1.82) is 0 Å². The number of aryl methyl sites for hydroxylation is 2. The zero-order chi connectivity index (χ0) is 22.7. The molecule has 0 spiro atoms. The Labute approximate surface area is 192 Å². The lowest BCUT2D eigenvalue weighted by atomic mass is 9.84. The minimum Gasteiger partial charge on any atom is -0.389 e. The normalized spacial score (nSPS) is 24.8. The van der Waals surface area contributed by atoms with Crippen LogP contribution in [-0.4, -0.2) is 87.5 Å². The first kappa shape index (κ1) is 20.9. The summed E-state index contributed by atoms with van der Waals surface area (Å²) in [7, 11) is 0. The van der Waals surface area contributed by atoms with E-state index < -0.39 is 6.17 Å². The Balaban J connectivity index is 1.33. The van der Waals surface area contributed by atoms with Crippen molar-refractivity contribution in [2.24, 2.45) is 0 Å². The number of aliphatic hydroxyl groups is 1. The summed E-state index contributed by atoms with van der Waals surface area (Å²) in [5.41, 5.74) is 3.08. The van der Waals surface area contributed by atoms with Crippen molar-refractivity contribution < 1.29 is 14.2 Å². The lowest BCUT2D eigenvalue weighted by Gasteiger charge is -2.43. The number of fused-ring (bicyclic) bond motifs is 1. The Morgan fingerprint density at radius 2 is 1.85 bits per heavy atom. The van der Waals surface area contributed by atoms with Crippen LogP contribution in [0.4, 0.5) is 10.2 Å². The van der Waals surface area contributed by atoms with Gasteiger partial charge in [0.1, 0.15) is 17.8 Å². The molecule has 3 saturated heterocycles. The van der Waals surface area contributed by atoms with Gasteiger partial charge in [0, 0.05) is 37.0 Å². The average Bonchev–Trinajstić information content (AvgIpc) is 3.12. The van der Waals surface area contributed by atoms with Crippen LogP contribution in [0.25, 0.3) is 16.7 Å². The van der Waals surface area contributed by atoms with Gasteiger partial charge in [0.15, 0.2) is 5.82 Å². The lowest BCUT2D eigenvalue weighted by molar-refractivity contribution is -0.0807. The van der Waals surface area contributed by atoms with Gasteiger partial charge < -0.3 is 14.7 Å². The number of aromatic nitrogens is 4. The Bertz CT molecular complexity index is 1190. The second kappa shape index (κ2) is 8.00. The first-order chi connectivity index (χ1) is 16.0. The highest BCUT2D eigenvalue weighted by molar-refractivity contribution is 5.82. The molecule has 2 aromatic heterocycles. The monoisotopic (exact) mass is 452 g/mol. The summed E-state index contributed by atoms with van der Waals surface area (Å²) in [6.45, 7) is 7.87. The van der Waals surface area contributed by atoms with E-state index in [4.69, 9.17) is 4.74 Å². The fourth-order valence-electron chi connectivity index (χ4n) is 5.28. The Morgan fingerprint density at radius 1 is 1.06 bits per heavy atom. The largest absolute Gasteiger partial charge is 0.389 e. The van der Waals surface area contributed by atoms with Gasteiger partial charge in [0.2, 0.25) is 0 Å². The van der Waals surface area contributed by atoms with Crippen LogP contribution < -0.4 is 4.90 Å². The average molecular weight is 453 g/mol. The van der Waals surface area contributed by atoms with E-state index in [9.17, 15) is 5.11 Å². The molecule has 0 bridgehead atoms. The molecule has 0 aliphatic carbocycles. The molecule has 174 valence electrons. The van der Waals surface area contributed by atoms with Crippen LogP contribution in [0.15, 0.2) is 24.4 Å². The molecule has 9 heteroatoms. The number of β-amino-alcohol motifs (C(OH)–C–C–N with tert-alkyl or cyclic N) is 1. The zero-order valence-corrected chi connectivity index (χ0v) is 19.0. The third kappa shape index (κ3) is 3.68. The van der Waals surface area contributed by atoms with Crippen LogP contribution in [0.2, 0.25) is 0 Å². The number of rotatable bonds is 4. The fourth-order valence-corrected chi connectivity index (χ4v) is 5.28. The number of alkyl halides is 1. The molecule has 5 heterocycles. The lowest BCUT2D eigenvalue weighted by Crippen LogP contribution is -2.54. The number of halogens is 1. The molecular formula is C24H29FN6O2. The van der Waals surface area contributed by atoms with Gasteiger partial charge in [-0.3, -0.25) is 4.90 Å².